The van der Waals surface area contributed by atoms with Crippen LogP contribution in [0.4, 0.5) is 0 Å². The molecular weight excluding hydrogens is 258 g/mol. The van der Waals surface area contributed by atoms with Crippen molar-refractivity contribution >= 4 is 11.3 Å². The Kier molecular flexibility index (Phi) is 5.39. The molecule has 1 aromatic heterocycles. The van der Waals surface area contributed by atoms with Gasteiger partial charge in [-0.2, -0.15) is 0 Å². The molecule has 4 heteroatoms. The molecule has 1 saturated heterocycles. The molecular formula is C15H25NO2S. The van der Waals surface area contributed by atoms with Crippen LogP contribution >= 0.6 is 11.3 Å². The summed E-state index contributed by atoms with van der Waals surface area (Å²) >= 11 is 1.83. The fraction of sp³-hybridized carbons (Fsp3) is 0.733. The Balaban J connectivity index is 2.27. The minimum atomic E-state index is -0.122. The van der Waals surface area contributed by atoms with Crippen molar-refractivity contribution in [1.82, 2.24) is 5.32 Å². The third-order valence-corrected chi connectivity index (χ3v) is 5.12. The number of rotatable bonds is 6. The quantitative estimate of drug-likeness (QED) is 0.869. The molecule has 1 N–H and O–H groups in total. The van der Waals surface area contributed by atoms with Crippen LogP contribution in [0, 0.1) is 6.92 Å². The van der Waals surface area contributed by atoms with Crippen molar-refractivity contribution in [2.24, 2.45) is 0 Å². The van der Waals surface area contributed by atoms with Gasteiger partial charge >= 0.3 is 0 Å². The normalized spacial score (nSPS) is 20.4. The molecule has 19 heavy (non-hydrogen) atoms. The maximum atomic E-state index is 5.98. The van der Waals surface area contributed by atoms with Gasteiger partial charge in [0.1, 0.15) is 0 Å². The van der Waals surface area contributed by atoms with E-state index in [0.717, 1.165) is 39.0 Å². The highest BCUT2D eigenvalue weighted by Gasteiger charge is 2.42. The van der Waals surface area contributed by atoms with Gasteiger partial charge in [0.25, 0.3) is 0 Å². The summed E-state index contributed by atoms with van der Waals surface area (Å²) in [4.78, 5) is 1.41. The fourth-order valence-corrected chi connectivity index (χ4v) is 3.92. The number of aryl methyl sites for hydroxylation is 1. The number of methoxy groups -OCH3 is 1. The first-order valence-electron chi connectivity index (χ1n) is 7.14. The standard InChI is InChI=1S/C15H25NO2S/c1-4-8-16-14(13-12(2)5-11-19-13)15(17-3)6-9-18-10-7-15/h5,11,14,16H,4,6-10H2,1-3H3. The Hall–Kier alpha value is -0.420. The Morgan fingerprint density at radius 1 is 1.47 bits per heavy atom. The summed E-state index contributed by atoms with van der Waals surface area (Å²) in [7, 11) is 1.84. The number of thiophene rings is 1. The van der Waals surface area contributed by atoms with Gasteiger partial charge < -0.3 is 14.8 Å². The van der Waals surface area contributed by atoms with Crippen molar-refractivity contribution in [1.29, 1.82) is 0 Å². The number of hydrogen-bond acceptors (Lipinski definition) is 4. The van der Waals surface area contributed by atoms with E-state index in [1.165, 1.54) is 10.4 Å². The minimum absolute atomic E-state index is 0.122. The highest BCUT2D eigenvalue weighted by molar-refractivity contribution is 7.10. The number of nitrogens with one attached hydrogen (secondary N) is 1. The smallest absolute Gasteiger partial charge is 0.0924 e. The maximum Gasteiger partial charge on any atom is 0.0924 e. The first kappa shape index (κ1) is 15.0. The van der Waals surface area contributed by atoms with Gasteiger partial charge in [0.05, 0.1) is 11.6 Å². The largest absolute Gasteiger partial charge is 0.381 e. The van der Waals surface area contributed by atoms with Crippen LogP contribution in [0.15, 0.2) is 11.4 Å². The van der Waals surface area contributed by atoms with Crippen molar-refractivity contribution in [3.05, 3.63) is 21.9 Å². The summed E-state index contributed by atoms with van der Waals surface area (Å²) in [5.41, 5.74) is 1.24. The lowest BCUT2D eigenvalue weighted by Crippen LogP contribution is -2.49. The molecule has 0 aliphatic carbocycles. The molecule has 1 aliphatic heterocycles. The average Bonchev–Trinajstić information content (AvgIpc) is 2.86. The van der Waals surface area contributed by atoms with Gasteiger partial charge in [-0.1, -0.05) is 6.92 Å². The second kappa shape index (κ2) is 6.84. The Morgan fingerprint density at radius 2 is 2.21 bits per heavy atom. The second-order valence-electron chi connectivity index (χ2n) is 5.24. The van der Waals surface area contributed by atoms with Crippen molar-refractivity contribution in [3.8, 4) is 0 Å². The lowest BCUT2D eigenvalue weighted by atomic mass is 9.84. The monoisotopic (exact) mass is 283 g/mol. The van der Waals surface area contributed by atoms with Gasteiger partial charge in [0.15, 0.2) is 0 Å². The summed E-state index contributed by atoms with van der Waals surface area (Å²) in [5.74, 6) is 0. The van der Waals surface area contributed by atoms with E-state index in [2.05, 4.69) is 30.6 Å². The van der Waals surface area contributed by atoms with Crippen LogP contribution in [0.1, 0.15) is 42.7 Å². The maximum absolute atomic E-state index is 5.98. The van der Waals surface area contributed by atoms with E-state index >= 15 is 0 Å². The van der Waals surface area contributed by atoms with Crippen molar-refractivity contribution in [2.45, 2.75) is 44.8 Å². The van der Waals surface area contributed by atoms with E-state index in [1.54, 1.807) is 0 Å². The van der Waals surface area contributed by atoms with E-state index in [0.29, 0.717) is 0 Å². The van der Waals surface area contributed by atoms with Crippen molar-refractivity contribution in [3.63, 3.8) is 0 Å². The molecule has 1 fully saturated rings. The molecule has 1 unspecified atom stereocenters. The molecule has 0 radical (unpaired) electrons. The summed E-state index contributed by atoms with van der Waals surface area (Å²) < 4.78 is 11.5. The zero-order valence-corrected chi connectivity index (χ0v) is 13.0. The third kappa shape index (κ3) is 3.19. The second-order valence-corrected chi connectivity index (χ2v) is 6.18. The molecule has 0 aromatic carbocycles. The third-order valence-electron chi connectivity index (χ3n) is 4.03. The summed E-state index contributed by atoms with van der Waals surface area (Å²) in [6, 6.07) is 2.48. The lowest BCUT2D eigenvalue weighted by Gasteiger charge is -2.42. The molecule has 0 amide bonds. The highest BCUT2D eigenvalue weighted by atomic mass is 32.1. The van der Waals surface area contributed by atoms with Crippen molar-refractivity contribution in [2.75, 3.05) is 26.9 Å². The Bertz CT molecular complexity index is 385. The molecule has 1 aromatic rings. The van der Waals surface area contributed by atoms with E-state index < -0.39 is 0 Å². The van der Waals surface area contributed by atoms with Crippen molar-refractivity contribution < 1.29 is 9.47 Å². The molecule has 2 rings (SSSR count). The molecule has 0 bridgehead atoms. The van der Waals surface area contributed by atoms with Crippen LogP contribution in [0.5, 0.6) is 0 Å². The molecule has 1 aliphatic rings. The molecule has 2 heterocycles. The van der Waals surface area contributed by atoms with Crippen LogP contribution in [0.2, 0.25) is 0 Å². The topological polar surface area (TPSA) is 30.5 Å². The average molecular weight is 283 g/mol. The first-order valence-corrected chi connectivity index (χ1v) is 8.02. The zero-order chi connectivity index (χ0) is 13.7. The lowest BCUT2D eigenvalue weighted by molar-refractivity contribution is -0.111. The van der Waals surface area contributed by atoms with E-state index in [9.17, 15) is 0 Å². The van der Waals surface area contributed by atoms with Gasteiger partial charge in [-0.15, -0.1) is 11.3 Å². The van der Waals surface area contributed by atoms with Gasteiger partial charge in [-0.05, 0) is 36.9 Å². The zero-order valence-electron chi connectivity index (χ0n) is 12.2. The molecule has 0 spiro atoms. The molecule has 1 atom stereocenters. The Labute approximate surface area is 120 Å². The molecule has 0 saturated carbocycles. The first-order chi connectivity index (χ1) is 9.23. The minimum Gasteiger partial charge on any atom is -0.381 e. The molecule has 108 valence electrons. The highest BCUT2D eigenvalue weighted by Crippen LogP contribution is 2.40. The predicted molar refractivity (Wildman–Crippen MR) is 79.9 cm³/mol. The van der Waals surface area contributed by atoms with Gasteiger partial charge in [-0.3, -0.25) is 0 Å². The van der Waals surface area contributed by atoms with Crippen LogP contribution in [-0.4, -0.2) is 32.5 Å². The van der Waals surface area contributed by atoms with Crippen LogP contribution < -0.4 is 5.32 Å². The van der Waals surface area contributed by atoms with E-state index in [1.807, 2.05) is 18.4 Å². The van der Waals surface area contributed by atoms with Crippen LogP contribution in [-0.2, 0) is 9.47 Å². The van der Waals surface area contributed by atoms with Crippen LogP contribution in [0.3, 0.4) is 0 Å². The van der Waals surface area contributed by atoms with Crippen LogP contribution in [0.25, 0.3) is 0 Å². The predicted octanol–water partition coefficient (Wildman–Crippen LogP) is 3.29. The number of ether oxygens (including phenoxy) is 2. The van der Waals surface area contributed by atoms with Gasteiger partial charge in [0.2, 0.25) is 0 Å². The SMILES string of the molecule is CCCNC(c1sccc1C)C1(OC)CCOCC1. The Morgan fingerprint density at radius 3 is 2.74 bits per heavy atom. The van der Waals surface area contributed by atoms with Gasteiger partial charge in [-0.25, -0.2) is 0 Å². The van der Waals surface area contributed by atoms with Gasteiger partial charge in [0, 0.05) is 38.0 Å². The summed E-state index contributed by atoms with van der Waals surface area (Å²) in [5, 5.41) is 5.88. The molecule has 3 nitrogen and oxygen atoms in total. The van der Waals surface area contributed by atoms with E-state index in [-0.39, 0.29) is 11.6 Å². The number of hydrogen-bond donors (Lipinski definition) is 1. The summed E-state index contributed by atoms with van der Waals surface area (Å²) in [6.07, 6.45) is 3.06. The van der Waals surface area contributed by atoms with E-state index in [4.69, 9.17) is 9.47 Å². The fourth-order valence-electron chi connectivity index (χ4n) is 2.81. The summed E-state index contributed by atoms with van der Waals surface area (Å²) in [6.45, 7) is 7.00.